The predicted molar refractivity (Wildman–Crippen MR) is 103 cm³/mol. The van der Waals surface area contributed by atoms with E-state index in [1.807, 2.05) is 24.9 Å². The van der Waals surface area contributed by atoms with Gasteiger partial charge in [0.05, 0.1) is 11.1 Å². The molecule has 2 aromatic rings. The van der Waals surface area contributed by atoms with Gasteiger partial charge in [-0.3, -0.25) is 14.4 Å². The van der Waals surface area contributed by atoms with Crippen LogP contribution in [0.3, 0.4) is 0 Å². The second kappa shape index (κ2) is 7.79. The van der Waals surface area contributed by atoms with Crippen LogP contribution in [0.25, 0.3) is 0 Å². The van der Waals surface area contributed by atoms with Gasteiger partial charge in [0.1, 0.15) is 0 Å². The lowest BCUT2D eigenvalue weighted by Crippen LogP contribution is -2.48. The van der Waals surface area contributed by atoms with Gasteiger partial charge >= 0.3 is 0 Å². The van der Waals surface area contributed by atoms with E-state index >= 15 is 0 Å². The van der Waals surface area contributed by atoms with E-state index in [1.54, 1.807) is 12.1 Å². The summed E-state index contributed by atoms with van der Waals surface area (Å²) in [5, 5.41) is 6.90. The maximum atomic E-state index is 12.8. The molecular formula is C18H25N5O3S. The van der Waals surface area contributed by atoms with Gasteiger partial charge in [-0.1, -0.05) is 0 Å². The first-order valence-corrected chi connectivity index (χ1v) is 10.3. The number of nitrogens with zero attached hydrogens (tertiary/aromatic N) is 4. The van der Waals surface area contributed by atoms with Crippen molar-refractivity contribution < 1.29 is 13.2 Å². The Morgan fingerprint density at radius 2 is 1.78 bits per heavy atom. The number of carbonyl (C=O) groups is 1. The van der Waals surface area contributed by atoms with Crippen LogP contribution in [0.15, 0.2) is 35.4 Å². The molecule has 1 aromatic carbocycles. The first-order valence-electron chi connectivity index (χ1n) is 8.85. The van der Waals surface area contributed by atoms with Gasteiger partial charge in [0.2, 0.25) is 15.9 Å². The summed E-state index contributed by atoms with van der Waals surface area (Å²) in [6.07, 6.45) is 1.87. The number of amides is 1. The van der Waals surface area contributed by atoms with Gasteiger partial charge < -0.3 is 5.32 Å². The van der Waals surface area contributed by atoms with Gasteiger partial charge in [0.15, 0.2) is 0 Å². The zero-order chi connectivity index (χ0) is 19.6. The van der Waals surface area contributed by atoms with Crippen LogP contribution in [-0.4, -0.2) is 59.5 Å². The number of hydrogen-bond donors (Lipinski definition) is 1. The molecule has 0 atom stereocenters. The van der Waals surface area contributed by atoms with Gasteiger partial charge in [-0.2, -0.15) is 9.40 Å². The van der Waals surface area contributed by atoms with Crippen LogP contribution in [-0.2, 0) is 28.4 Å². The van der Waals surface area contributed by atoms with Crippen LogP contribution in [0, 0.1) is 6.92 Å². The van der Waals surface area contributed by atoms with E-state index in [1.165, 1.54) is 28.9 Å². The summed E-state index contributed by atoms with van der Waals surface area (Å²) < 4.78 is 29.1. The maximum absolute atomic E-state index is 12.8. The Balaban J connectivity index is 1.62. The molecule has 1 fully saturated rings. The van der Waals surface area contributed by atoms with Gasteiger partial charge in [0.25, 0.3) is 0 Å². The molecule has 2 heterocycles. The Morgan fingerprint density at radius 1 is 1.15 bits per heavy atom. The third-order valence-electron chi connectivity index (χ3n) is 4.87. The molecule has 1 aliphatic heterocycles. The van der Waals surface area contributed by atoms with E-state index in [0.717, 1.165) is 12.2 Å². The Hall–Kier alpha value is -2.23. The van der Waals surface area contributed by atoms with Crippen molar-refractivity contribution in [3.8, 4) is 0 Å². The first kappa shape index (κ1) is 19.5. The van der Waals surface area contributed by atoms with Crippen LogP contribution in [0.5, 0.6) is 0 Å². The van der Waals surface area contributed by atoms with Crippen LogP contribution in [0.4, 0.5) is 5.69 Å². The summed E-state index contributed by atoms with van der Waals surface area (Å²) in [7, 11) is -1.61. The fourth-order valence-electron chi connectivity index (χ4n) is 3.13. The van der Waals surface area contributed by atoms with E-state index in [2.05, 4.69) is 15.3 Å². The minimum atomic E-state index is -3.53. The van der Waals surface area contributed by atoms with Gasteiger partial charge in [0, 0.05) is 63.6 Å². The molecule has 27 heavy (non-hydrogen) atoms. The highest BCUT2D eigenvalue weighted by Gasteiger charge is 2.28. The summed E-state index contributed by atoms with van der Waals surface area (Å²) >= 11 is 0. The second-order valence-electron chi connectivity index (χ2n) is 6.76. The van der Waals surface area contributed by atoms with E-state index in [0.29, 0.717) is 31.9 Å². The molecule has 0 spiro atoms. The molecule has 3 rings (SSSR count). The lowest BCUT2D eigenvalue weighted by atomic mass is 10.2. The fraction of sp³-hybridized carbons (Fsp3) is 0.444. The Morgan fingerprint density at radius 3 is 2.30 bits per heavy atom. The van der Waals surface area contributed by atoms with Crippen molar-refractivity contribution in [2.24, 2.45) is 7.05 Å². The third-order valence-corrected chi connectivity index (χ3v) is 6.79. The summed E-state index contributed by atoms with van der Waals surface area (Å²) in [5.41, 5.74) is 2.88. The van der Waals surface area contributed by atoms with Crippen molar-refractivity contribution in [2.75, 3.05) is 31.5 Å². The lowest BCUT2D eigenvalue weighted by molar-refractivity contribution is -0.114. The number of anilines is 1. The number of benzene rings is 1. The highest BCUT2D eigenvalue weighted by Crippen LogP contribution is 2.21. The second-order valence-corrected chi connectivity index (χ2v) is 8.70. The normalized spacial score (nSPS) is 16.4. The zero-order valence-electron chi connectivity index (χ0n) is 15.8. The number of sulfonamides is 1. The molecule has 1 N–H and O–H groups in total. The number of aryl methyl sites for hydroxylation is 1. The highest BCUT2D eigenvalue weighted by molar-refractivity contribution is 7.89. The van der Waals surface area contributed by atoms with E-state index in [9.17, 15) is 13.2 Å². The Labute approximate surface area is 159 Å². The predicted octanol–water partition coefficient (Wildman–Crippen LogP) is 1.19. The Kier molecular flexibility index (Phi) is 5.64. The fourth-order valence-corrected chi connectivity index (χ4v) is 4.55. The highest BCUT2D eigenvalue weighted by atomic mass is 32.2. The summed E-state index contributed by atoms with van der Waals surface area (Å²) in [5.74, 6) is -0.189. The summed E-state index contributed by atoms with van der Waals surface area (Å²) in [4.78, 5) is 13.6. The molecule has 0 aliphatic carbocycles. The minimum absolute atomic E-state index is 0.189. The molecule has 146 valence electrons. The third kappa shape index (κ3) is 4.37. The average Bonchev–Trinajstić information content (AvgIpc) is 2.94. The first-order chi connectivity index (χ1) is 12.8. The van der Waals surface area contributed by atoms with Gasteiger partial charge in [-0.15, -0.1) is 0 Å². The molecule has 0 unspecified atom stereocenters. The molecule has 1 saturated heterocycles. The number of piperazine rings is 1. The molecule has 8 nitrogen and oxygen atoms in total. The van der Waals surface area contributed by atoms with Crippen LogP contribution >= 0.6 is 0 Å². The smallest absolute Gasteiger partial charge is 0.243 e. The number of hydrogen-bond acceptors (Lipinski definition) is 5. The van der Waals surface area contributed by atoms with Crippen molar-refractivity contribution in [3.05, 3.63) is 41.7 Å². The van der Waals surface area contributed by atoms with Crippen molar-refractivity contribution >= 4 is 21.6 Å². The lowest BCUT2D eigenvalue weighted by Gasteiger charge is -2.33. The SMILES string of the molecule is CC(=O)Nc1ccc(S(=O)(=O)N2CCN(Cc3cnn(C)c3C)CC2)cc1. The molecular weight excluding hydrogens is 366 g/mol. The molecule has 0 bridgehead atoms. The minimum Gasteiger partial charge on any atom is -0.326 e. The van der Waals surface area contributed by atoms with Crippen LogP contribution < -0.4 is 5.32 Å². The molecule has 0 radical (unpaired) electrons. The van der Waals surface area contributed by atoms with Crippen molar-refractivity contribution in [1.82, 2.24) is 19.0 Å². The number of aromatic nitrogens is 2. The van der Waals surface area contributed by atoms with Crippen LogP contribution in [0.1, 0.15) is 18.2 Å². The average molecular weight is 391 g/mol. The summed E-state index contributed by atoms with van der Waals surface area (Å²) in [6, 6.07) is 6.28. The standard InChI is InChI=1S/C18H25N5O3S/c1-14-16(12-19-21(14)3)13-22-8-10-23(11-9-22)27(25,26)18-6-4-17(5-7-18)20-15(2)24/h4-7,12H,8-11,13H2,1-3H3,(H,20,24). The number of rotatable bonds is 5. The Bertz CT molecular complexity index is 913. The molecule has 1 aromatic heterocycles. The topological polar surface area (TPSA) is 87.5 Å². The molecule has 0 saturated carbocycles. The molecule has 9 heteroatoms. The molecule has 1 amide bonds. The zero-order valence-corrected chi connectivity index (χ0v) is 16.7. The maximum Gasteiger partial charge on any atom is 0.243 e. The van der Waals surface area contributed by atoms with E-state index in [4.69, 9.17) is 0 Å². The van der Waals surface area contributed by atoms with Gasteiger partial charge in [-0.05, 0) is 31.2 Å². The van der Waals surface area contributed by atoms with E-state index < -0.39 is 10.0 Å². The van der Waals surface area contributed by atoms with Crippen LogP contribution in [0.2, 0.25) is 0 Å². The quantitative estimate of drug-likeness (QED) is 0.827. The monoisotopic (exact) mass is 391 g/mol. The number of carbonyl (C=O) groups excluding carboxylic acids is 1. The van der Waals surface area contributed by atoms with Crippen molar-refractivity contribution in [2.45, 2.75) is 25.3 Å². The molecule has 1 aliphatic rings. The summed E-state index contributed by atoms with van der Waals surface area (Å²) in [6.45, 7) is 6.49. The largest absolute Gasteiger partial charge is 0.326 e. The van der Waals surface area contributed by atoms with Crippen molar-refractivity contribution in [1.29, 1.82) is 0 Å². The van der Waals surface area contributed by atoms with Gasteiger partial charge in [-0.25, -0.2) is 8.42 Å². The van der Waals surface area contributed by atoms with Crippen molar-refractivity contribution in [3.63, 3.8) is 0 Å². The van der Waals surface area contributed by atoms with E-state index in [-0.39, 0.29) is 10.8 Å². The number of nitrogens with one attached hydrogen (secondary N) is 1.